The summed E-state index contributed by atoms with van der Waals surface area (Å²) < 4.78 is 10.5. The fraction of sp³-hybridized carbons (Fsp3) is 0.455. The lowest BCUT2D eigenvalue weighted by atomic mass is 10.2. The molecule has 0 saturated heterocycles. The second-order valence-electron chi connectivity index (χ2n) is 3.74. The van der Waals surface area contributed by atoms with Gasteiger partial charge in [-0.1, -0.05) is 6.92 Å². The number of anilines is 1. The van der Waals surface area contributed by atoms with E-state index in [1.807, 2.05) is 25.1 Å². The van der Waals surface area contributed by atoms with Crippen LogP contribution in [-0.2, 0) is 0 Å². The van der Waals surface area contributed by atoms with E-state index in [1.54, 1.807) is 0 Å². The van der Waals surface area contributed by atoms with E-state index < -0.39 is 0 Å². The minimum atomic E-state index is 0.192. The van der Waals surface area contributed by atoms with Crippen molar-refractivity contribution in [2.45, 2.75) is 6.92 Å². The maximum absolute atomic E-state index is 8.88. The Hall–Kier alpha value is -1.42. The van der Waals surface area contributed by atoms with Gasteiger partial charge in [0.1, 0.15) is 0 Å². The molecular weight excluding hydrogens is 194 g/mol. The monoisotopic (exact) mass is 209 g/mol. The topological polar surface area (TPSA) is 50.7 Å². The Morgan fingerprint density at radius 3 is 3.00 bits per heavy atom. The van der Waals surface area contributed by atoms with E-state index in [-0.39, 0.29) is 12.5 Å². The van der Waals surface area contributed by atoms with Crippen molar-refractivity contribution in [1.82, 2.24) is 0 Å². The van der Waals surface area contributed by atoms with Crippen LogP contribution in [0.5, 0.6) is 11.5 Å². The number of aliphatic hydroxyl groups is 1. The molecule has 82 valence electrons. The largest absolute Gasteiger partial charge is 0.454 e. The maximum atomic E-state index is 8.88. The van der Waals surface area contributed by atoms with Crippen LogP contribution in [-0.4, -0.2) is 25.1 Å². The molecule has 1 atom stereocenters. The van der Waals surface area contributed by atoms with E-state index in [0.717, 1.165) is 23.7 Å². The molecule has 4 heteroatoms. The van der Waals surface area contributed by atoms with Gasteiger partial charge >= 0.3 is 0 Å². The molecule has 1 aromatic carbocycles. The number of hydrogen-bond donors (Lipinski definition) is 2. The molecule has 0 bridgehead atoms. The lowest BCUT2D eigenvalue weighted by Gasteiger charge is -2.11. The van der Waals surface area contributed by atoms with Gasteiger partial charge in [-0.3, -0.25) is 0 Å². The van der Waals surface area contributed by atoms with Crippen LogP contribution in [0.2, 0.25) is 0 Å². The molecular formula is C11H15NO3. The molecule has 0 fully saturated rings. The maximum Gasteiger partial charge on any atom is 0.231 e. The Bertz CT molecular complexity index is 341. The molecule has 2 rings (SSSR count). The summed E-state index contributed by atoms with van der Waals surface area (Å²) in [6.07, 6.45) is 0. The van der Waals surface area contributed by atoms with Gasteiger partial charge in [0.2, 0.25) is 6.79 Å². The highest BCUT2D eigenvalue weighted by molar-refractivity contribution is 5.55. The van der Waals surface area contributed by atoms with Gasteiger partial charge in [0, 0.05) is 24.9 Å². The first-order chi connectivity index (χ1) is 7.29. The van der Waals surface area contributed by atoms with Gasteiger partial charge < -0.3 is 19.9 Å². The second kappa shape index (κ2) is 4.40. The molecule has 2 N–H and O–H groups in total. The first kappa shape index (κ1) is 10.1. The van der Waals surface area contributed by atoms with Crippen LogP contribution in [0.25, 0.3) is 0 Å². The summed E-state index contributed by atoms with van der Waals surface area (Å²) in [6.45, 7) is 3.22. The number of ether oxygens (including phenoxy) is 2. The van der Waals surface area contributed by atoms with E-state index in [1.165, 1.54) is 0 Å². The fourth-order valence-electron chi connectivity index (χ4n) is 1.36. The molecule has 1 aliphatic rings. The number of aliphatic hydroxyl groups excluding tert-OH is 1. The first-order valence-electron chi connectivity index (χ1n) is 5.04. The van der Waals surface area contributed by atoms with Gasteiger partial charge in [-0.2, -0.15) is 0 Å². The summed E-state index contributed by atoms with van der Waals surface area (Å²) in [4.78, 5) is 0. The summed E-state index contributed by atoms with van der Waals surface area (Å²) in [5, 5.41) is 12.1. The third kappa shape index (κ3) is 2.33. The van der Waals surface area contributed by atoms with E-state index >= 15 is 0 Å². The average Bonchev–Trinajstić information content (AvgIpc) is 2.72. The van der Waals surface area contributed by atoms with Crippen molar-refractivity contribution in [3.05, 3.63) is 18.2 Å². The molecule has 0 radical (unpaired) electrons. The smallest absolute Gasteiger partial charge is 0.231 e. The molecule has 0 amide bonds. The van der Waals surface area contributed by atoms with Crippen LogP contribution in [0.3, 0.4) is 0 Å². The lowest BCUT2D eigenvalue weighted by molar-refractivity contribution is 0.174. The molecule has 4 nitrogen and oxygen atoms in total. The van der Waals surface area contributed by atoms with Gasteiger partial charge in [-0.15, -0.1) is 0 Å². The van der Waals surface area contributed by atoms with Crippen LogP contribution >= 0.6 is 0 Å². The highest BCUT2D eigenvalue weighted by Crippen LogP contribution is 2.34. The third-order valence-corrected chi connectivity index (χ3v) is 2.34. The predicted molar refractivity (Wildman–Crippen MR) is 57.3 cm³/mol. The molecule has 0 aromatic heterocycles. The van der Waals surface area contributed by atoms with Crippen molar-refractivity contribution in [2.75, 3.05) is 25.3 Å². The fourth-order valence-corrected chi connectivity index (χ4v) is 1.36. The van der Waals surface area contributed by atoms with Crippen LogP contribution in [0.15, 0.2) is 18.2 Å². The quantitative estimate of drug-likeness (QED) is 0.788. The van der Waals surface area contributed by atoms with Gasteiger partial charge in [0.15, 0.2) is 11.5 Å². The summed E-state index contributed by atoms with van der Waals surface area (Å²) in [5.74, 6) is 1.81. The van der Waals surface area contributed by atoms with Gasteiger partial charge in [-0.05, 0) is 18.1 Å². The zero-order chi connectivity index (χ0) is 10.7. The van der Waals surface area contributed by atoms with E-state index in [0.29, 0.717) is 6.79 Å². The van der Waals surface area contributed by atoms with Crippen molar-refractivity contribution in [1.29, 1.82) is 0 Å². The minimum Gasteiger partial charge on any atom is -0.454 e. The van der Waals surface area contributed by atoms with Gasteiger partial charge in [0.25, 0.3) is 0 Å². The first-order valence-corrected chi connectivity index (χ1v) is 5.04. The molecule has 0 spiro atoms. The van der Waals surface area contributed by atoms with Crippen LogP contribution in [0, 0.1) is 5.92 Å². The van der Waals surface area contributed by atoms with Gasteiger partial charge in [-0.25, -0.2) is 0 Å². The number of fused-ring (bicyclic) bond motifs is 1. The molecule has 0 aliphatic carbocycles. The summed E-state index contributed by atoms with van der Waals surface area (Å²) in [5.41, 5.74) is 0.986. The average molecular weight is 209 g/mol. The van der Waals surface area contributed by atoms with E-state index in [2.05, 4.69) is 5.32 Å². The Balaban J connectivity index is 1.98. The van der Waals surface area contributed by atoms with Crippen molar-refractivity contribution in [2.24, 2.45) is 5.92 Å². The number of rotatable bonds is 4. The molecule has 0 saturated carbocycles. The molecule has 1 aliphatic heterocycles. The molecule has 1 heterocycles. The SMILES string of the molecule is CC(CO)CNc1ccc2c(c1)OCO2. The van der Waals surface area contributed by atoms with Crippen molar-refractivity contribution in [3.63, 3.8) is 0 Å². The van der Waals surface area contributed by atoms with Crippen LogP contribution in [0.4, 0.5) is 5.69 Å². The Morgan fingerprint density at radius 1 is 1.40 bits per heavy atom. The number of hydrogen-bond acceptors (Lipinski definition) is 4. The van der Waals surface area contributed by atoms with E-state index in [4.69, 9.17) is 14.6 Å². The Labute approximate surface area is 88.8 Å². The van der Waals surface area contributed by atoms with Gasteiger partial charge in [0.05, 0.1) is 0 Å². The molecule has 1 aromatic rings. The predicted octanol–water partition coefficient (Wildman–Crippen LogP) is 1.46. The zero-order valence-corrected chi connectivity index (χ0v) is 8.69. The number of nitrogens with one attached hydrogen (secondary N) is 1. The van der Waals surface area contributed by atoms with Crippen LogP contribution in [0.1, 0.15) is 6.92 Å². The lowest BCUT2D eigenvalue weighted by Crippen LogP contribution is -2.14. The number of benzene rings is 1. The van der Waals surface area contributed by atoms with Crippen molar-refractivity contribution >= 4 is 5.69 Å². The Morgan fingerprint density at radius 2 is 2.20 bits per heavy atom. The highest BCUT2D eigenvalue weighted by Gasteiger charge is 2.13. The molecule has 15 heavy (non-hydrogen) atoms. The van der Waals surface area contributed by atoms with Crippen molar-refractivity contribution < 1.29 is 14.6 Å². The zero-order valence-electron chi connectivity index (χ0n) is 8.69. The molecule has 1 unspecified atom stereocenters. The second-order valence-corrected chi connectivity index (χ2v) is 3.74. The normalized spacial score (nSPS) is 15.1. The summed E-state index contributed by atoms with van der Waals surface area (Å²) >= 11 is 0. The third-order valence-electron chi connectivity index (χ3n) is 2.34. The minimum absolute atomic E-state index is 0.192. The highest BCUT2D eigenvalue weighted by atomic mass is 16.7. The standard InChI is InChI=1S/C11H15NO3/c1-8(6-13)5-12-9-2-3-10-11(4-9)15-7-14-10/h2-4,8,12-13H,5-7H2,1H3. The summed E-state index contributed by atoms with van der Waals surface area (Å²) in [6, 6.07) is 5.73. The van der Waals surface area contributed by atoms with Crippen molar-refractivity contribution in [3.8, 4) is 11.5 Å². The Kier molecular flexibility index (Phi) is 2.97. The van der Waals surface area contributed by atoms with E-state index in [9.17, 15) is 0 Å². The van der Waals surface area contributed by atoms with Crippen LogP contribution < -0.4 is 14.8 Å². The summed E-state index contributed by atoms with van der Waals surface area (Å²) in [7, 11) is 0.